The predicted octanol–water partition coefficient (Wildman–Crippen LogP) is 1.80. The molecule has 0 atom stereocenters. The van der Waals surface area contributed by atoms with E-state index < -0.39 is 0 Å². The second-order valence-electron chi connectivity index (χ2n) is 4.02. The van der Waals surface area contributed by atoms with Crippen molar-refractivity contribution in [1.82, 2.24) is 14.7 Å². The third-order valence-electron chi connectivity index (χ3n) is 0. The average Bonchev–Trinajstić information content (AvgIpc) is 1.54. The van der Waals surface area contributed by atoms with E-state index in [0.717, 1.165) is 0 Å². The van der Waals surface area contributed by atoms with Crippen molar-refractivity contribution >= 4 is 37.2 Å². The Morgan fingerprint density at radius 2 is 0.333 bits per heavy atom. The molecule has 0 aromatic rings. The molecule has 0 aromatic carbocycles. The highest BCUT2D eigenvalue weighted by Crippen LogP contribution is 1.48. The summed E-state index contributed by atoms with van der Waals surface area (Å²) in [6.07, 6.45) is 0. The lowest BCUT2D eigenvalue weighted by Gasteiger charge is -1.90. The summed E-state index contributed by atoms with van der Waals surface area (Å²) in [5.74, 6) is 0. The van der Waals surface area contributed by atoms with Crippen LogP contribution in [0.25, 0.3) is 0 Å². The summed E-state index contributed by atoms with van der Waals surface area (Å²) in [6.45, 7) is 0. The average molecular weight is 287 g/mol. The molecule has 0 aliphatic rings. The zero-order valence-electron chi connectivity index (χ0n) is 11.6. The minimum absolute atomic E-state index is 0. The van der Waals surface area contributed by atoms with E-state index in [2.05, 4.69) is 0 Å². The highest BCUT2D eigenvalue weighted by Gasteiger charge is 1.58. The molecule has 0 fully saturated rings. The lowest BCUT2D eigenvalue weighted by Crippen LogP contribution is -1.99. The summed E-state index contributed by atoms with van der Waals surface area (Å²) in [7, 11) is 18.0. The first-order valence-corrected chi connectivity index (χ1v) is 4.02. The quantitative estimate of drug-likeness (QED) is 0.672. The standard InChI is InChI=1S/3C3H9N.3ClH/c3*1-4(2)3;;;/h3*1-3H3;3*1H. The van der Waals surface area contributed by atoms with Gasteiger partial charge in [-0.1, -0.05) is 0 Å². The number of nitrogens with zero attached hydrogens (tertiary/aromatic N) is 3. The van der Waals surface area contributed by atoms with Gasteiger partial charge in [-0.3, -0.25) is 0 Å². The largest absolute Gasteiger partial charge is 0.312 e. The molecule has 0 aromatic heterocycles. The molecule has 0 unspecified atom stereocenters. The first-order valence-electron chi connectivity index (χ1n) is 4.02. The van der Waals surface area contributed by atoms with Crippen LogP contribution < -0.4 is 0 Å². The van der Waals surface area contributed by atoms with Crippen LogP contribution in [0.4, 0.5) is 0 Å². The molecule has 0 N–H and O–H groups in total. The van der Waals surface area contributed by atoms with E-state index in [1.54, 1.807) is 0 Å². The smallest absolute Gasteiger partial charge is 0.0140 e. The summed E-state index contributed by atoms with van der Waals surface area (Å²) < 4.78 is 0. The Kier molecular flexibility index (Phi) is 70.5. The number of hydrogen-bond donors (Lipinski definition) is 0. The van der Waals surface area contributed by atoms with Gasteiger partial charge in [-0.05, 0) is 63.4 Å². The van der Waals surface area contributed by atoms with Crippen LogP contribution in [-0.4, -0.2) is 78.1 Å². The van der Waals surface area contributed by atoms with E-state index in [4.69, 9.17) is 0 Å². The van der Waals surface area contributed by atoms with Gasteiger partial charge >= 0.3 is 0 Å². The molecule has 0 rings (SSSR count). The van der Waals surface area contributed by atoms with Crippen LogP contribution in [-0.2, 0) is 0 Å². The Morgan fingerprint density at radius 3 is 0.333 bits per heavy atom. The first-order chi connectivity index (χ1) is 5.20. The molecule has 6 heteroatoms. The zero-order chi connectivity index (χ0) is 10.7. The van der Waals surface area contributed by atoms with Gasteiger partial charge in [0, 0.05) is 0 Å². The van der Waals surface area contributed by atoms with Crippen LogP contribution >= 0.6 is 37.2 Å². The van der Waals surface area contributed by atoms with Crippen molar-refractivity contribution in [2.24, 2.45) is 0 Å². The fraction of sp³-hybridized carbons (Fsp3) is 1.00. The summed E-state index contributed by atoms with van der Waals surface area (Å²) in [5, 5.41) is 0. The van der Waals surface area contributed by atoms with Crippen molar-refractivity contribution < 1.29 is 0 Å². The molecule has 0 aliphatic carbocycles. The Hall–Kier alpha value is 0.750. The Balaban J connectivity index is -0.0000000184. The van der Waals surface area contributed by atoms with Crippen LogP contribution in [0.2, 0.25) is 0 Å². The molecule has 0 aliphatic heterocycles. The van der Waals surface area contributed by atoms with Crippen LogP contribution in [0.5, 0.6) is 0 Å². The van der Waals surface area contributed by atoms with Crippen molar-refractivity contribution in [3.63, 3.8) is 0 Å². The fourth-order valence-corrected chi connectivity index (χ4v) is 0. The van der Waals surface area contributed by atoms with Crippen molar-refractivity contribution in [2.45, 2.75) is 0 Å². The molecule has 0 heterocycles. The fourth-order valence-electron chi connectivity index (χ4n) is 0. The van der Waals surface area contributed by atoms with Gasteiger partial charge in [0.25, 0.3) is 0 Å². The van der Waals surface area contributed by atoms with Gasteiger partial charge in [0.2, 0.25) is 0 Å². The molecule has 15 heavy (non-hydrogen) atoms. The lowest BCUT2D eigenvalue weighted by atomic mass is 11.0. The van der Waals surface area contributed by atoms with Crippen molar-refractivity contribution in [1.29, 1.82) is 0 Å². The topological polar surface area (TPSA) is 9.72 Å². The molecule has 0 amide bonds. The maximum atomic E-state index is 2.00. The van der Waals surface area contributed by atoms with Gasteiger partial charge in [-0.2, -0.15) is 0 Å². The van der Waals surface area contributed by atoms with Gasteiger partial charge in [-0.15, -0.1) is 37.2 Å². The normalized spacial score (nSPS) is 7.20. The van der Waals surface area contributed by atoms with E-state index >= 15 is 0 Å². The van der Waals surface area contributed by atoms with Crippen LogP contribution in [0.3, 0.4) is 0 Å². The van der Waals surface area contributed by atoms with Gasteiger partial charge in [0.15, 0.2) is 0 Å². The lowest BCUT2D eigenvalue weighted by molar-refractivity contribution is 0.505. The summed E-state index contributed by atoms with van der Waals surface area (Å²) >= 11 is 0. The van der Waals surface area contributed by atoms with Gasteiger partial charge in [-0.25, -0.2) is 0 Å². The summed E-state index contributed by atoms with van der Waals surface area (Å²) in [5.41, 5.74) is 0. The highest BCUT2D eigenvalue weighted by molar-refractivity contribution is 5.86. The second kappa shape index (κ2) is 29.3. The minimum Gasteiger partial charge on any atom is -0.312 e. The van der Waals surface area contributed by atoms with Crippen molar-refractivity contribution in [2.75, 3.05) is 63.4 Å². The molecule has 0 spiro atoms. The van der Waals surface area contributed by atoms with Gasteiger partial charge < -0.3 is 14.7 Å². The Bertz CT molecular complexity index is 49.1. The van der Waals surface area contributed by atoms with E-state index in [1.807, 2.05) is 78.1 Å². The minimum atomic E-state index is 0. The molecular weight excluding hydrogens is 256 g/mol. The van der Waals surface area contributed by atoms with Gasteiger partial charge in [0.05, 0.1) is 0 Å². The summed E-state index contributed by atoms with van der Waals surface area (Å²) in [4.78, 5) is 6.00. The second-order valence-corrected chi connectivity index (χ2v) is 4.02. The number of hydrogen-bond acceptors (Lipinski definition) is 3. The van der Waals surface area contributed by atoms with Gasteiger partial charge in [0.1, 0.15) is 0 Å². The molecule has 0 bridgehead atoms. The molecular formula is C9H30Cl3N3. The van der Waals surface area contributed by atoms with E-state index in [1.165, 1.54) is 0 Å². The molecule has 0 saturated carbocycles. The van der Waals surface area contributed by atoms with E-state index in [-0.39, 0.29) is 37.2 Å². The monoisotopic (exact) mass is 285 g/mol. The third-order valence-corrected chi connectivity index (χ3v) is 0. The SMILES string of the molecule is CN(C)C.CN(C)C.CN(C)C.Cl.Cl.Cl. The van der Waals surface area contributed by atoms with E-state index in [9.17, 15) is 0 Å². The highest BCUT2D eigenvalue weighted by atomic mass is 35.5. The molecule has 3 nitrogen and oxygen atoms in total. The molecule has 0 saturated heterocycles. The molecule has 0 radical (unpaired) electrons. The Labute approximate surface area is 115 Å². The van der Waals surface area contributed by atoms with Crippen LogP contribution in [0.1, 0.15) is 0 Å². The van der Waals surface area contributed by atoms with Crippen molar-refractivity contribution in [3.05, 3.63) is 0 Å². The van der Waals surface area contributed by atoms with Crippen LogP contribution in [0.15, 0.2) is 0 Å². The zero-order valence-corrected chi connectivity index (χ0v) is 14.0. The van der Waals surface area contributed by atoms with Crippen LogP contribution in [0, 0.1) is 0 Å². The predicted molar refractivity (Wildman–Crippen MR) is 80.6 cm³/mol. The maximum absolute atomic E-state index is 2.00. The first kappa shape index (κ1) is 36.0. The van der Waals surface area contributed by atoms with E-state index in [0.29, 0.717) is 0 Å². The Morgan fingerprint density at radius 1 is 0.333 bits per heavy atom. The molecule has 102 valence electrons. The van der Waals surface area contributed by atoms with Crippen molar-refractivity contribution in [3.8, 4) is 0 Å². The third kappa shape index (κ3) is 4260. The number of halogens is 3. The number of rotatable bonds is 0. The maximum Gasteiger partial charge on any atom is -0.0140 e. The summed E-state index contributed by atoms with van der Waals surface area (Å²) in [6, 6.07) is 0.